The fourth-order valence-corrected chi connectivity index (χ4v) is 3.68. The van der Waals surface area contributed by atoms with Crippen molar-refractivity contribution >= 4 is 29.3 Å². The molecular weight excluding hydrogens is 466 g/mol. The molecule has 7 nitrogen and oxygen atoms in total. The molecule has 2 N–H and O–H groups in total. The van der Waals surface area contributed by atoms with Gasteiger partial charge in [-0.1, -0.05) is 35.9 Å². The molecule has 3 rings (SSSR count). The molecule has 0 fully saturated rings. The number of nitrogens with zero attached hydrogens (tertiary/aromatic N) is 1. The van der Waals surface area contributed by atoms with Crippen molar-refractivity contribution in [3.8, 4) is 17.6 Å². The van der Waals surface area contributed by atoms with E-state index in [2.05, 4.69) is 10.6 Å². The van der Waals surface area contributed by atoms with Gasteiger partial charge in [0.05, 0.1) is 6.61 Å². The van der Waals surface area contributed by atoms with Crippen LogP contribution in [-0.2, 0) is 9.59 Å². The zero-order chi connectivity index (χ0) is 26.9. The molecule has 37 heavy (non-hydrogen) atoms. The van der Waals surface area contributed by atoms with Gasteiger partial charge >= 0.3 is 0 Å². The van der Waals surface area contributed by atoms with E-state index in [1.807, 2.05) is 71.0 Å². The number of nitrogens with one attached hydrogen (secondary N) is 2. The topological polar surface area (TPSA) is 100 Å². The third-order valence-electron chi connectivity index (χ3n) is 5.81. The Balaban J connectivity index is 1.73. The number of hydrogen-bond donors (Lipinski definition) is 2. The fourth-order valence-electron chi connectivity index (χ4n) is 3.68. The predicted molar refractivity (Wildman–Crippen MR) is 146 cm³/mol. The lowest BCUT2D eigenvalue weighted by Crippen LogP contribution is -2.21. The van der Waals surface area contributed by atoms with E-state index in [0.717, 1.165) is 27.9 Å². The van der Waals surface area contributed by atoms with Crippen LogP contribution >= 0.6 is 0 Å². The van der Waals surface area contributed by atoms with Crippen LogP contribution in [0.1, 0.15) is 34.7 Å². The molecule has 0 atom stereocenters. The second kappa shape index (κ2) is 12.4. The lowest BCUT2D eigenvalue weighted by atomic mass is 10.1. The Morgan fingerprint density at radius 1 is 0.892 bits per heavy atom. The van der Waals surface area contributed by atoms with Gasteiger partial charge in [0, 0.05) is 11.4 Å². The van der Waals surface area contributed by atoms with Crippen LogP contribution in [0.2, 0.25) is 0 Å². The van der Waals surface area contributed by atoms with Gasteiger partial charge in [0.2, 0.25) is 0 Å². The monoisotopic (exact) mass is 497 g/mol. The minimum Gasteiger partial charge on any atom is -0.490 e. The first-order valence-corrected chi connectivity index (χ1v) is 12.0. The van der Waals surface area contributed by atoms with Crippen LogP contribution in [0.4, 0.5) is 11.4 Å². The van der Waals surface area contributed by atoms with E-state index in [4.69, 9.17) is 9.47 Å². The third-order valence-corrected chi connectivity index (χ3v) is 5.81. The maximum Gasteiger partial charge on any atom is 0.266 e. The highest BCUT2D eigenvalue weighted by molar-refractivity contribution is 6.10. The SMILES string of the molecule is CCOc1cc(/C=C(/C#N)C(=O)Nc2cccc(C)c2C)ccc1OCC(=O)Nc1ccc(C)cc1C. The number of benzene rings is 3. The van der Waals surface area contributed by atoms with Crippen LogP contribution in [0.15, 0.2) is 60.2 Å². The van der Waals surface area contributed by atoms with Crippen molar-refractivity contribution in [3.05, 3.63) is 88.0 Å². The molecule has 0 saturated carbocycles. The largest absolute Gasteiger partial charge is 0.490 e. The molecule has 0 radical (unpaired) electrons. The Kier molecular flexibility index (Phi) is 9.06. The molecule has 0 spiro atoms. The summed E-state index contributed by atoms with van der Waals surface area (Å²) in [7, 11) is 0. The average Bonchev–Trinajstić information content (AvgIpc) is 2.86. The summed E-state index contributed by atoms with van der Waals surface area (Å²) in [5, 5.41) is 15.3. The van der Waals surface area contributed by atoms with Crippen LogP contribution in [0.5, 0.6) is 11.5 Å². The lowest BCUT2D eigenvalue weighted by molar-refractivity contribution is -0.118. The van der Waals surface area contributed by atoms with Crippen molar-refractivity contribution < 1.29 is 19.1 Å². The Bertz CT molecular complexity index is 1390. The summed E-state index contributed by atoms with van der Waals surface area (Å²) in [4.78, 5) is 25.2. The molecular formula is C30H31N3O4. The van der Waals surface area contributed by atoms with Gasteiger partial charge in [-0.15, -0.1) is 0 Å². The molecule has 0 aliphatic carbocycles. The average molecular weight is 498 g/mol. The van der Waals surface area contributed by atoms with Gasteiger partial charge in [-0.05, 0) is 87.2 Å². The van der Waals surface area contributed by atoms with Gasteiger partial charge in [0.15, 0.2) is 18.1 Å². The van der Waals surface area contributed by atoms with Crippen molar-refractivity contribution in [2.75, 3.05) is 23.8 Å². The van der Waals surface area contributed by atoms with E-state index >= 15 is 0 Å². The van der Waals surface area contributed by atoms with E-state index in [9.17, 15) is 14.9 Å². The predicted octanol–water partition coefficient (Wildman–Crippen LogP) is 5.88. The minimum atomic E-state index is -0.502. The van der Waals surface area contributed by atoms with E-state index in [1.165, 1.54) is 6.08 Å². The van der Waals surface area contributed by atoms with Gasteiger partial charge in [0.1, 0.15) is 11.6 Å². The van der Waals surface area contributed by atoms with Crippen LogP contribution in [0.25, 0.3) is 6.08 Å². The first-order valence-electron chi connectivity index (χ1n) is 12.0. The number of ether oxygens (including phenoxy) is 2. The summed E-state index contributed by atoms with van der Waals surface area (Å²) in [6.07, 6.45) is 1.49. The molecule has 3 aromatic rings. The summed E-state index contributed by atoms with van der Waals surface area (Å²) in [6.45, 7) is 9.79. The second-order valence-electron chi connectivity index (χ2n) is 8.67. The first kappa shape index (κ1) is 27.0. The van der Waals surface area contributed by atoms with Crippen molar-refractivity contribution in [3.63, 3.8) is 0 Å². The van der Waals surface area contributed by atoms with Gasteiger partial charge in [-0.2, -0.15) is 5.26 Å². The fraction of sp³-hybridized carbons (Fsp3) is 0.233. The maximum atomic E-state index is 12.8. The second-order valence-corrected chi connectivity index (χ2v) is 8.67. The van der Waals surface area contributed by atoms with E-state index in [-0.39, 0.29) is 18.1 Å². The molecule has 7 heteroatoms. The number of amides is 2. The Morgan fingerprint density at radius 3 is 2.38 bits per heavy atom. The van der Waals surface area contributed by atoms with Crippen LogP contribution in [0.3, 0.4) is 0 Å². The third kappa shape index (κ3) is 7.21. The van der Waals surface area contributed by atoms with Crippen molar-refractivity contribution in [2.24, 2.45) is 0 Å². The minimum absolute atomic E-state index is 0.0510. The van der Waals surface area contributed by atoms with Gasteiger partial charge < -0.3 is 20.1 Å². The lowest BCUT2D eigenvalue weighted by Gasteiger charge is -2.14. The number of aryl methyl sites for hydroxylation is 3. The zero-order valence-electron chi connectivity index (χ0n) is 21.8. The summed E-state index contributed by atoms with van der Waals surface area (Å²) in [6, 6.07) is 18.4. The van der Waals surface area contributed by atoms with E-state index < -0.39 is 5.91 Å². The van der Waals surface area contributed by atoms with Gasteiger partial charge in [-0.3, -0.25) is 9.59 Å². The molecule has 0 unspecified atom stereocenters. The quantitative estimate of drug-likeness (QED) is 0.284. The van der Waals surface area contributed by atoms with Gasteiger partial charge in [0.25, 0.3) is 11.8 Å². The summed E-state index contributed by atoms with van der Waals surface area (Å²) >= 11 is 0. The number of hydrogen-bond acceptors (Lipinski definition) is 5. The highest BCUT2D eigenvalue weighted by atomic mass is 16.5. The highest BCUT2D eigenvalue weighted by Crippen LogP contribution is 2.30. The Hall–Kier alpha value is -4.57. The van der Waals surface area contributed by atoms with Crippen molar-refractivity contribution in [1.82, 2.24) is 0 Å². The summed E-state index contributed by atoms with van der Waals surface area (Å²) < 4.78 is 11.4. The molecule has 0 aliphatic rings. The number of rotatable bonds is 9. The molecule has 0 bridgehead atoms. The molecule has 0 heterocycles. The first-order chi connectivity index (χ1) is 17.7. The van der Waals surface area contributed by atoms with Crippen LogP contribution in [0, 0.1) is 39.0 Å². The normalized spacial score (nSPS) is 10.9. The van der Waals surface area contributed by atoms with Crippen LogP contribution < -0.4 is 20.1 Å². The van der Waals surface area contributed by atoms with Gasteiger partial charge in [-0.25, -0.2) is 0 Å². The standard InChI is InChI=1S/C30H31N3O4/c1-6-36-28-16-23(15-24(17-31)30(35)33-26-9-7-8-20(3)22(26)5)11-13-27(28)37-18-29(34)32-25-12-10-19(2)14-21(25)4/h7-16H,6,18H2,1-5H3,(H,32,34)(H,33,35)/b24-15-. The molecule has 0 aromatic heterocycles. The molecule has 190 valence electrons. The van der Waals surface area contributed by atoms with E-state index in [0.29, 0.717) is 29.4 Å². The summed E-state index contributed by atoms with van der Waals surface area (Å²) in [5.74, 6) is -0.0123. The Labute approximate surface area is 217 Å². The molecule has 0 saturated heterocycles. The number of nitriles is 1. The van der Waals surface area contributed by atoms with Crippen molar-refractivity contribution in [2.45, 2.75) is 34.6 Å². The van der Waals surface area contributed by atoms with E-state index in [1.54, 1.807) is 24.3 Å². The highest BCUT2D eigenvalue weighted by Gasteiger charge is 2.14. The van der Waals surface area contributed by atoms with Crippen LogP contribution in [-0.4, -0.2) is 25.0 Å². The van der Waals surface area contributed by atoms with Crippen molar-refractivity contribution in [1.29, 1.82) is 5.26 Å². The zero-order valence-corrected chi connectivity index (χ0v) is 21.8. The Morgan fingerprint density at radius 2 is 1.68 bits per heavy atom. The molecule has 3 aromatic carbocycles. The number of anilines is 2. The maximum absolute atomic E-state index is 12.8. The summed E-state index contributed by atoms with van der Waals surface area (Å²) in [5.41, 5.74) is 5.98. The smallest absolute Gasteiger partial charge is 0.266 e. The molecule has 0 aliphatic heterocycles. The number of carbonyl (C=O) groups is 2. The molecule has 2 amide bonds. The number of carbonyl (C=O) groups excluding carboxylic acids is 2.